The Morgan fingerprint density at radius 1 is 1.41 bits per heavy atom. The van der Waals surface area contributed by atoms with E-state index in [0.717, 1.165) is 30.7 Å². The summed E-state index contributed by atoms with van der Waals surface area (Å²) in [6.45, 7) is 6.91. The Labute approximate surface area is 104 Å². The molecule has 1 aliphatic carbocycles. The predicted octanol–water partition coefficient (Wildman–Crippen LogP) is 2.81. The van der Waals surface area contributed by atoms with Gasteiger partial charge in [-0.1, -0.05) is 19.8 Å². The normalized spacial score (nSPS) is 17.2. The van der Waals surface area contributed by atoms with Crippen molar-refractivity contribution in [1.82, 2.24) is 4.90 Å². The summed E-state index contributed by atoms with van der Waals surface area (Å²) >= 11 is 0. The average molecular weight is 236 g/mol. The first-order valence-electron chi connectivity index (χ1n) is 6.77. The van der Waals surface area contributed by atoms with E-state index < -0.39 is 0 Å². The summed E-state index contributed by atoms with van der Waals surface area (Å²) in [4.78, 5) is 2.57. The van der Waals surface area contributed by atoms with Gasteiger partial charge >= 0.3 is 0 Å². The van der Waals surface area contributed by atoms with Crippen molar-refractivity contribution in [2.75, 3.05) is 6.54 Å². The van der Waals surface area contributed by atoms with Gasteiger partial charge in [0.15, 0.2) is 0 Å². The van der Waals surface area contributed by atoms with E-state index >= 15 is 0 Å². The number of rotatable bonds is 5. The van der Waals surface area contributed by atoms with Gasteiger partial charge in [0.05, 0.1) is 6.54 Å². The van der Waals surface area contributed by atoms with Gasteiger partial charge in [0, 0.05) is 18.2 Å². The monoisotopic (exact) mass is 236 g/mol. The molecule has 3 nitrogen and oxygen atoms in total. The molecule has 0 amide bonds. The molecule has 0 aromatic carbocycles. The number of nitrogens with two attached hydrogens (primary N) is 1. The van der Waals surface area contributed by atoms with Crippen molar-refractivity contribution in [3.05, 3.63) is 23.2 Å². The number of nitrogens with zero attached hydrogens (tertiary/aromatic N) is 1. The Morgan fingerprint density at radius 2 is 2.12 bits per heavy atom. The van der Waals surface area contributed by atoms with Crippen LogP contribution < -0.4 is 5.73 Å². The summed E-state index contributed by atoms with van der Waals surface area (Å²) in [6.07, 6.45) is 5.49. The quantitative estimate of drug-likeness (QED) is 0.854. The lowest BCUT2D eigenvalue weighted by Crippen LogP contribution is -2.32. The van der Waals surface area contributed by atoms with Crippen LogP contribution in [0, 0.1) is 6.92 Å². The standard InChI is InChI=1S/C14H24N2O/c1-3-16(13-6-4-5-7-13)10-12-8-14(9-15)17-11(12)2/h8,13H,3-7,9-10,15H2,1-2H3. The number of aryl methyl sites for hydroxylation is 1. The minimum Gasteiger partial charge on any atom is -0.465 e. The third-order valence-electron chi connectivity index (χ3n) is 3.89. The zero-order valence-electron chi connectivity index (χ0n) is 11.0. The van der Waals surface area contributed by atoms with Gasteiger partial charge in [0.25, 0.3) is 0 Å². The lowest BCUT2D eigenvalue weighted by Gasteiger charge is -2.27. The van der Waals surface area contributed by atoms with E-state index in [1.165, 1.54) is 31.2 Å². The van der Waals surface area contributed by atoms with E-state index in [9.17, 15) is 0 Å². The lowest BCUT2D eigenvalue weighted by molar-refractivity contribution is 0.199. The molecule has 0 spiro atoms. The number of hydrogen-bond acceptors (Lipinski definition) is 3. The summed E-state index contributed by atoms with van der Waals surface area (Å²) in [5, 5.41) is 0. The van der Waals surface area contributed by atoms with Gasteiger partial charge < -0.3 is 10.2 Å². The molecular weight excluding hydrogens is 212 g/mol. The molecule has 1 heterocycles. The molecular formula is C14H24N2O. The molecule has 1 aromatic rings. The second-order valence-electron chi connectivity index (χ2n) is 5.00. The molecule has 0 aliphatic heterocycles. The molecule has 1 fully saturated rings. The van der Waals surface area contributed by atoms with Gasteiger partial charge in [-0.05, 0) is 32.4 Å². The van der Waals surface area contributed by atoms with Crippen LogP contribution in [0.15, 0.2) is 10.5 Å². The minimum atomic E-state index is 0.496. The molecule has 17 heavy (non-hydrogen) atoms. The molecule has 3 heteroatoms. The second kappa shape index (κ2) is 5.69. The molecule has 2 N–H and O–H groups in total. The van der Waals surface area contributed by atoms with Crippen LogP contribution in [0.2, 0.25) is 0 Å². The Kier molecular flexibility index (Phi) is 4.24. The minimum absolute atomic E-state index is 0.496. The molecule has 1 saturated carbocycles. The van der Waals surface area contributed by atoms with Crippen LogP contribution in [0.4, 0.5) is 0 Å². The maximum absolute atomic E-state index is 5.62. The predicted molar refractivity (Wildman–Crippen MR) is 69.7 cm³/mol. The van der Waals surface area contributed by atoms with Crippen LogP contribution in [0.1, 0.15) is 49.7 Å². The van der Waals surface area contributed by atoms with Crippen molar-refractivity contribution in [2.45, 2.75) is 58.7 Å². The van der Waals surface area contributed by atoms with Crippen LogP contribution >= 0.6 is 0 Å². The van der Waals surface area contributed by atoms with Crippen LogP contribution in [0.25, 0.3) is 0 Å². The molecule has 96 valence electrons. The van der Waals surface area contributed by atoms with Crippen molar-refractivity contribution < 1.29 is 4.42 Å². The Hall–Kier alpha value is -0.800. The van der Waals surface area contributed by atoms with E-state index in [1.54, 1.807) is 0 Å². The molecule has 0 saturated heterocycles. The van der Waals surface area contributed by atoms with E-state index in [-0.39, 0.29) is 0 Å². The highest BCUT2D eigenvalue weighted by molar-refractivity contribution is 5.20. The maximum atomic E-state index is 5.62. The highest BCUT2D eigenvalue weighted by atomic mass is 16.3. The molecule has 0 bridgehead atoms. The fourth-order valence-corrected chi connectivity index (χ4v) is 2.83. The van der Waals surface area contributed by atoms with Gasteiger partial charge in [-0.2, -0.15) is 0 Å². The molecule has 0 radical (unpaired) electrons. The van der Waals surface area contributed by atoms with Crippen molar-refractivity contribution >= 4 is 0 Å². The van der Waals surface area contributed by atoms with E-state index in [1.807, 2.05) is 6.92 Å². The Bertz CT molecular complexity index is 353. The number of furan rings is 1. The third-order valence-corrected chi connectivity index (χ3v) is 3.89. The maximum Gasteiger partial charge on any atom is 0.118 e. The highest BCUT2D eigenvalue weighted by Crippen LogP contribution is 2.26. The zero-order chi connectivity index (χ0) is 12.3. The topological polar surface area (TPSA) is 42.4 Å². The van der Waals surface area contributed by atoms with Crippen LogP contribution in [-0.2, 0) is 13.1 Å². The largest absolute Gasteiger partial charge is 0.465 e. The first-order valence-corrected chi connectivity index (χ1v) is 6.77. The molecule has 0 atom stereocenters. The van der Waals surface area contributed by atoms with Gasteiger partial charge in [0.1, 0.15) is 11.5 Å². The van der Waals surface area contributed by atoms with E-state index in [0.29, 0.717) is 6.54 Å². The van der Waals surface area contributed by atoms with Crippen molar-refractivity contribution in [3.63, 3.8) is 0 Å². The summed E-state index contributed by atoms with van der Waals surface area (Å²) in [7, 11) is 0. The van der Waals surface area contributed by atoms with Crippen LogP contribution in [0.3, 0.4) is 0 Å². The molecule has 2 rings (SSSR count). The molecule has 1 aliphatic rings. The Morgan fingerprint density at radius 3 is 2.65 bits per heavy atom. The smallest absolute Gasteiger partial charge is 0.118 e. The summed E-state index contributed by atoms with van der Waals surface area (Å²) in [6, 6.07) is 2.89. The highest BCUT2D eigenvalue weighted by Gasteiger charge is 2.22. The SMILES string of the molecule is CCN(Cc1cc(CN)oc1C)C1CCCC1. The lowest BCUT2D eigenvalue weighted by atomic mass is 10.1. The first-order chi connectivity index (χ1) is 8.24. The van der Waals surface area contributed by atoms with Crippen molar-refractivity contribution in [1.29, 1.82) is 0 Å². The fourth-order valence-electron chi connectivity index (χ4n) is 2.83. The third kappa shape index (κ3) is 2.90. The average Bonchev–Trinajstić information content (AvgIpc) is 2.96. The first kappa shape index (κ1) is 12.7. The van der Waals surface area contributed by atoms with Crippen molar-refractivity contribution in [3.8, 4) is 0 Å². The van der Waals surface area contributed by atoms with Crippen LogP contribution in [0.5, 0.6) is 0 Å². The Balaban J connectivity index is 2.03. The van der Waals surface area contributed by atoms with Gasteiger partial charge in [-0.15, -0.1) is 0 Å². The van der Waals surface area contributed by atoms with Gasteiger partial charge in [-0.3, -0.25) is 4.90 Å². The van der Waals surface area contributed by atoms with Crippen LogP contribution in [-0.4, -0.2) is 17.5 Å². The molecule has 1 aromatic heterocycles. The van der Waals surface area contributed by atoms with Gasteiger partial charge in [-0.25, -0.2) is 0 Å². The second-order valence-corrected chi connectivity index (χ2v) is 5.00. The number of hydrogen-bond donors (Lipinski definition) is 1. The van der Waals surface area contributed by atoms with Gasteiger partial charge in [0.2, 0.25) is 0 Å². The fraction of sp³-hybridized carbons (Fsp3) is 0.714. The van der Waals surface area contributed by atoms with E-state index in [2.05, 4.69) is 17.9 Å². The van der Waals surface area contributed by atoms with E-state index in [4.69, 9.17) is 10.2 Å². The summed E-state index contributed by atoms with van der Waals surface area (Å²) in [5.41, 5.74) is 6.91. The van der Waals surface area contributed by atoms with Crippen molar-refractivity contribution in [2.24, 2.45) is 5.73 Å². The summed E-state index contributed by atoms with van der Waals surface area (Å²) < 4.78 is 5.62. The molecule has 0 unspecified atom stereocenters. The zero-order valence-corrected chi connectivity index (χ0v) is 11.0. The summed E-state index contributed by atoms with van der Waals surface area (Å²) in [5.74, 6) is 1.93.